The van der Waals surface area contributed by atoms with Crippen molar-refractivity contribution in [3.05, 3.63) is 12.2 Å². The Morgan fingerprint density at radius 1 is 1.11 bits per heavy atom. The van der Waals surface area contributed by atoms with E-state index in [9.17, 15) is 9.36 Å². The Kier molecular flexibility index (Phi) is 10.8. The number of allylic oxidation sites excluding steroid dienone is 2. The quantitative estimate of drug-likeness (QED) is 0.252. The van der Waals surface area contributed by atoms with Crippen molar-refractivity contribution in [3.8, 4) is 0 Å². The van der Waals surface area contributed by atoms with Crippen LogP contribution in [0.2, 0.25) is 0 Å². The van der Waals surface area contributed by atoms with E-state index in [1.165, 1.54) is 6.92 Å². The van der Waals surface area contributed by atoms with Crippen LogP contribution in [-0.2, 0) is 23.1 Å². The topological polar surface area (TPSA) is 61.8 Å². The fourth-order valence-corrected chi connectivity index (χ4v) is 2.92. The molecule has 0 saturated heterocycles. The summed E-state index contributed by atoms with van der Waals surface area (Å²) >= 11 is 0. The third kappa shape index (κ3) is 10.9. The highest BCUT2D eigenvalue weighted by molar-refractivity contribution is 7.54. The molecule has 112 valence electrons. The molecule has 0 bridgehead atoms. The monoisotopic (exact) mass is 292 g/mol. The van der Waals surface area contributed by atoms with E-state index >= 15 is 0 Å². The summed E-state index contributed by atoms with van der Waals surface area (Å²) in [6, 6.07) is 0. The van der Waals surface area contributed by atoms with Crippen molar-refractivity contribution in [1.29, 1.82) is 0 Å². The molecule has 0 aromatic rings. The summed E-state index contributed by atoms with van der Waals surface area (Å²) in [6.07, 6.45) is 6.71. The average molecular weight is 292 g/mol. The zero-order valence-corrected chi connectivity index (χ0v) is 13.0. The fraction of sp³-hybridized carbons (Fsp3) is 0.769. The van der Waals surface area contributed by atoms with Crippen molar-refractivity contribution in [2.75, 3.05) is 26.0 Å². The minimum absolute atomic E-state index is 0.245. The number of hydrogen-bond acceptors (Lipinski definition) is 5. The molecular weight excluding hydrogens is 267 g/mol. The van der Waals surface area contributed by atoms with Gasteiger partial charge in [-0.15, -0.1) is 0 Å². The first kappa shape index (κ1) is 18.4. The molecular formula is C13H25O5P. The van der Waals surface area contributed by atoms with E-state index in [1.54, 1.807) is 13.8 Å². The smallest absolute Gasteiger partial charge is 0.334 e. The molecule has 0 aliphatic heterocycles. The second kappa shape index (κ2) is 11.2. The van der Waals surface area contributed by atoms with Crippen molar-refractivity contribution >= 4 is 13.6 Å². The minimum atomic E-state index is -2.95. The maximum atomic E-state index is 12.1. The molecule has 0 aromatic carbocycles. The first-order chi connectivity index (χ1) is 9.04. The summed E-state index contributed by atoms with van der Waals surface area (Å²) in [4.78, 5) is 10.5. The van der Waals surface area contributed by atoms with Crippen molar-refractivity contribution < 1.29 is 23.1 Å². The van der Waals surface area contributed by atoms with Crippen LogP contribution in [0.5, 0.6) is 0 Å². The number of carbonyl (C=O) groups is 1. The average Bonchev–Trinajstić information content (AvgIpc) is 2.33. The van der Waals surface area contributed by atoms with Gasteiger partial charge in [0.2, 0.25) is 0 Å². The van der Waals surface area contributed by atoms with Crippen LogP contribution in [0.3, 0.4) is 0 Å². The lowest BCUT2D eigenvalue weighted by molar-refractivity contribution is -0.141. The van der Waals surface area contributed by atoms with Gasteiger partial charge in [-0.2, -0.15) is 0 Å². The molecule has 6 heteroatoms. The van der Waals surface area contributed by atoms with Gasteiger partial charge in [-0.25, -0.2) is 0 Å². The van der Waals surface area contributed by atoms with Crippen LogP contribution in [-0.4, -0.2) is 32.0 Å². The van der Waals surface area contributed by atoms with E-state index in [4.69, 9.17) is 13.8 Å². The predicted molar refractivity (Wildman–Crippen MR) is 75.3 cm³/mol. The second-order valence-corrected chi connectivity index (χ2v) is 6.04. The molecule has 0 aliphatic rings. The highest BCUT2D eigenvalue weighted by atomic mass is 31.2. The molecule has 0 saturated carbocycles. The Balaban J connectivity index is 3.75. The lowest BCUT2D eigenvalue weighted by atomic mass is 10.2. The number of ether oxygens (including phenoxy) is 1. The molecule has 0 radical (unpaired) electrons. The van der Waals surface area contributed by atoms with E-state index in [-0.39, 0.29) is 5.97 Å². The molecule has 0 atom stereocenters. The summed E-state index contributed by atoms with van der Waals surface area (Å²) < 4.78 is 27.2. The van der Waals surface area contributed by atoms with E-state index in [1.807, 2.05) is 12.2 Å². The Morgan fingerprint density at radius 3 is 2.26 bits per heavy atom. The number of carbonyl (C=O) groups excluding carboxylic acids is 1. The lowest BCUT2D eigenvalue weighted by Gasteiger charge is -2.14. The normalized spacial score (nSPS) is 11.9. The third-order valence-corrected chi connectivity index (χ3v) is 4.18. The number of hydrogen-bond donors (Lipinski definition) is 0. The highest BCUT2D eigenvalue weighted by Gasteiger charge is 2.20. The van der Waals surface area contributed by atoms with Gasteiger partial charge in [0.1, 0.15) is 0 Å². The van der Waals surface area contributed by atoms with Gasteiger partial charge in [0.25, 0.3) is 0 Å². The molecule has 0 heterocycles. The number of esters is 1. The van der Waals surface area contributed by atoms with Crippen molar-refractivity contribution in [1.82, 2.24) is 0 Å². The standard InChI is InChI=1S/C13H25O5P/c1-4-17-19(15,18-5-2)12-10-8-6-7-9-11-16-13(3)14/h8,10H,4-7,9,11-12H2,1-3H3/b10-8-. The molecule has 0 amide bonds. The van der Waals surface area contributed by atoms with Crippen LogP contribution < -0.4 is 0 Å². The Morgan fingerprint density at radius 2 is 1.74 bits per heavy atom. The summed E-state index contributed by atoms with van der Waals surface area (Å²) in [6.45, 7) is 6.22. The SMILES string of the molecule is CCOP(=O)(C/C=C\CCCCOC(C)=O)OCC. The molecule has 0 aliphatic carbocycles. The largest absolute Gasteiger partial charge is 0.466 e. The number of unbranched alkanes of at least 4 members (excludes halogenated alkanes) is 2. The molecule has 0 spiro atoms. The third-order valence-electron chi connectivity index (χ3n) is 2.22. The van der Waals surface area contributed by atoms with Gasteiger partial charge in [0, 0.05) is 6.92 Å². The van der Waals surface area contributed by atoms with Crippen molar-refractivity contribution in [3.63, 3.8) is 0 Å². The van der Waals surface area contributed by atoms with Crippen LogP contribution in [0, 0.1) is 0 Å². The van der Waals surface area contributed by atoms with Gasteiger partial charge in [0.05, 0.1) is 26.0 Å². The van der Waals surface area contributed by atoms with Gasteiger partial charge in [-0.3, -0.25) is 9.36 Å². The van der Waals surface area contributed by atoms with E-state index in [0.717, 1.165) is 19.3 Å². The van der Waals surface area contributed by atoms with Crippen LogP contribution in [0.4, 0.5) is 0 Å². The van der Waals surface area contributed by atoms with Gasteiger partial charge in [-0.1, -0.05) is 12.2 Å². The van der Waals surface area contributed by atoms with Gasteiger partial charge < -0.3 is 13.8 Å². The van der Waals surface area contributed by atoms with Crippen molar-refractivity contribution in [2.45, 2.75) is 40.0 Å². The van der Waals surface area contributed by atoms with Crippen LogP contribution >= 0.6 is 7.60 Å². The highest BCUT2D eigenvalue weighted by Crippen LogP contribution is 2.47. The second-order valence-electron chi connectivity index (χ2n) is 3.94. The number of rotatable bonds is 11. The Labute approximate surface area is 115 Å². The lowest BCUT2D eigenvalue weighted by Crippen LogP contribution is -2.00. The fourth-order valence-electron chi connectivity index (χ4n) is 1.44. The Bertz CT molecular complexity index is 304. The summed E-state index contributed by atoms with van der Waals surface area (Å²) in [5.41, 5.74) is 0. The molecule has 0 N–H and O–H groups in total. The molecule has 0 unspecified atom stereocenters. The molecule has 5 nitrogen and oxygen atoms in total. The van der Waals surface area contributed by atoms with Crippen LogP contribution in [0.1, 0.15) is 40.0 Å². The van der Waals surface area contributed by atoms with E-state index in [0.29, 0.717) is 26.0 Å². The summed E-state index contributed by atoms with van der Waals surface area (Å²) in [5, 5.41) is 0. The molecule has 0 aromatic heterocycles. The molecule has 0 rings (SSSR count). The van der Waals surface area contributed by atoms with Gasteiger partial charge >= 0.3 is 13.6 Å². The van der Waals surface area contributed by atoms with Crippen molar-refractivity contribution in [2.24, 2.45) is 0 Å². The summed E-state index contributed by atoms with van der Waals surface area (Å²) in [5.74, 6) is -0.245. The minimum Gasteiger partial charge on any atom is -0.466 e. The molecule has 19 heavy (non-hydrogen) atoms. The zero-order chi connectivity index (χ0) is 14.6. The predicted octanol–water partition coefficient (Wildman–Crippen LogP) is 3.54. The van der Waals surface area contributed by atoms with E-state index in [2.05, 4.69) is 0 Å². The van der Waals surface area contributed by atoms with E-state index < -0.39 is 7.60 Å². The maximum Gasteiger partial charge on any atom is 0.334 e. The van der Waals surface area contributed by atoms with Gasteiger partial charge in [-0.05, 0) is 33.1 Å². The Hall–Kier alpha value is -0.640. The molecule has 0 fully saturated rings. The first-order valence-corrected chi connectivity index (χ1v) is 8.43. The maximum absolute atomic E-state index is 12.1. The summed E-state index contributed by atoms with van der Waals surface area (Å²) in [7, 11) is -2.95. The first-order valence-electron chi connectivity index (χ1n) is 6.70. The van der Waals surface area contributed by atoms with Gasteiger partial charge in [0.15, 0.2) is 0 Å². The van der Waals surface area contributed by atoms with Crippen LogP contribution in [0.25, 0.3) is 0 Å². The zero-order valence-electron chi connectivity index (χ0n) is 12.1. The van der Waals surface area contributed by atoms with Crippen LogP contribution in [0.15, 0.2) is 12.2 Å².